The van der Waals surface area contributed by atoms with Gasteiger partial charge >= 0.3 is 0 Å². The molecule has 0 aliphatic rings. The molecule has 1 unspecified atom stereocenters. The molecule has 1 heterocycles. The summed E-state index contributed by atoms with van der Waals surface area (Å²) in [6, 6.07) is 8.36. The quantitative estimate of drug-likeness (QED) is 0.807. The van der Waals surface area contributed by atoms with Crippen LogP contribution in [0, 0.1) is 0 Å². The maximum atomic E-state index is 5.20. The van der Waals surface area contributed by atoms with Gasteiger partial charge in [0.1, 0.15) is 0 Å². The Morgan fingerprint density at radius 3 is 2.78 bits per heavy atom. The number of furan rings is 1. The van der Waals surface area contributed by atoms with Crippen LogP contribution in [0.4, 0.5) is 0 Å². The van der Waals surface area contributed by atoms with E-state index in [1.165, 1.54) is 5.56 Å². The van der Waals surface area contributed by atoms with Crippen molar-refractivity contribution in [2.45, 2.75) is 19.4 Å². The molecule has 1 aromatic heterocycles. The molecule has 0 bridgehead atoms. The van der Waals surface area contributed by atoms with Crippen molar-refractivity contribution in [1.29, 1.82) is 0 Å². The van der Waals surface area contributed by atoms with Gasteiger partial charge in [0.05, 0.1) is 18.6 Å². The average molecular weight is 373 g/mol. The second kappa shape index (κ2) is 6.55. The Labute approximate surface area is 124 Å². The van der Waals surface area contributed by atoms with Gasteiger partial charge in [-0.1, -0.05) is 38.8 Å². The summed E-state index contributed by atoms with van der Waals surface area (Å²) >= 11 is 7.14. The highest BCUT2D eigenvalue weighted by Gasteiger charge is 2.17. The van der Waals surface area contributed by atoms with Gasteiger partial charge in [0, 0.05) is 14.5 Å². The van der Waals surface area contributed by atoms with Crippen LogP contribution in [0.25, 0.3) is 0 Å². The molecule has 1 N–H and O–H groups in total. The maximum Gasteiger partial charge on any atom is 0.0953 e. The molecule has 2 aromatic rings. The number of rotatable bonds is 5. The Morgan fingerprint density at radius 2 is 2.11 bits per heavy atom. The van der Waals surface area contributed by atoms with Gasteiger partial charge < -0.3 is 9.73 Å². The first-order chi connectivity index (χ1) is 8.72. The highest BCUT2D eigenvalue weighted by atomic mass is 79.9. The lowest BCUT2D eigenvalue weighted by Gasteiger charge is -2.19. The highest BCUT2D eigenvalue weighted by Crippen LogP contribution is 2.31. The zero-order valence-electron chi connectivity index (χ0n) is 10.1. The fourth-order valence-corrected chi connectivity index (χ4v) is 2.73. The van der Waals surface area contributed by atoms with Gasteiger partial charge in [-0.15, -0.1) is 0 Å². The van der Waals surface area contributed by atoms with E-state index in [9.17, 15) is 0 Å². The number of halogens is 2. The summed E-state index contributed by atoms with van der Waals surface area (Å²) in [6.07, 6.45) is 4.60. The maximum absolute atomic E-state index is 5.20. The van der Waals surface area contributed by atoms with Crippen LogP contribution in [0.1, 0.15) is 30.5 Å². The van der Waals surface area contributed by atoms with Gasteiger partial charge in [-0.25, -0.2) is 0 Å². The molecule has 4 heteroatoms. The molecular weight excluding hydrogens is 358 g/mol. The third-order valence-corrected chi connectivity index (χ3v) is 3.96. The third-order valence-electron chi connectivity index (χ3n) is 2.74. The third kappa shape index (κ3) is 3.25. The van der Waals surface area contributed by atoms with E-state index in [-0.39, 0.29) is 6.04 Å². The highest BCUT2D eigenvalue weighted by molar-refractivity contribution is 9.11. The Morgan fingerprint density at radius 1 is 1.28 bits per heavy atom. The Bertz CT molecular complexity index is 497. The van der Waals surface area contributed by atoms with Crippen molar-refractivity contribution in [2.75, 3.05) is 6.54 Å². The van der Waals surface area contributed by atoms with Crippen molar-refractivity contribution in [2.24, 2.45) is 0 Å². The van der Waals surface area contributed by atoms with Crippen molar-refractivity contribution in [1.82, 2.24) is 5.32 Å². The second-order valence-electron chi connectivity index (χ2n) is 4.11. The van der Waals surface area contributed by atoms with E-state index in [2.05, 4.69) is 56.2 Å². The monoisotopic (exact) mass is 371 g/mol. The molecule has 2 rings (SSSR count). The minimum absolute atomic E-state index is 0.149. The van der Waals surface area contributed by atoms with E-state index >= 15 is 0 Å². The van der Waals surface area contributed by atoms with E-state index in [1.807, 2.05) is 12.1 Å². The van der Waals surface area contributed by atoms with Crippen LogP contribution in [-0.2, 0) is 0 Å². The Kier molecular flexibility index (Phi) is 5.03. The number of nitrogens with one attached hydrogen (secondary N) is 1. The van der Waals surface area contributed by atoms with E-state index in [1.54, 1.807) is 12.5 Å². The minimum atomic E-state index is 0.149. The van der Waals surface area contributed by atoms with E-state index in [4.69, 9.17) is 4.42 Å². The summed E-state index contributed by atoms with van der Waals surface area (Å²) in [7, 11) is 0. The molecule has 0 amide bonds. The molecule has 0 saturated heterocycles. The van der Waals surface area contributed by atoms with E-state index < -0.39 is 0 Å². The lowest BCUT2D eigenvalue weighted by molar-refractivity contribution is 0.548. The van der Waals surface area contributed by atoms with E-state index in [0.717, 1.165) is 27.5 Å². The summed E-state index contributed by atoms with van der Waals surface area (Å²) in [4.78, 5) is 0. The van der Waals surface area contributed by atoms with Gasteiger partial charge in [0.15, 0.2) is 0 Å². The normalized spacial score (nSPS) is 12.6. The van der Waals surface area contributed by atoms with Gasteiger partial charge in [-0.2, -0.15) is 0 Å². The van der Waals surface area contributed by atoms with Crippen LogP contribution in [0.5, 0.6) is 0 Å². The predicted molar refractivity (Wildman–Crippen MR) is 80.7 cm³/mol. The topological polar surface area (TPSA) is 25.2 Å². The first kappa shape index (κ1) is 13.8. The average Bonchev–Trinajstić information content (AvgIpc) is 2.88. The molecule has 1 aromatic carbocycles. The molecule has 0 radical (unpaired) electrons. The van der Waals surface area contributed by atoms with Crippen LogP contribution in [0.15, 0.2) is 50.2 Å². The molecule has 0 saturated carbocycles. The molecule has 18 heavy (non-hydrogen) atoms. The molecule has 96 valence electrons. The first-order valence-electron chi connectivity index (χ1n) is 5.92. The largest absolute Gasteiger partial charge is 0.472 e. The van der Waals surface area contributed by atoms with Crippen LogP contribution in [0.3, 0.4) is 0 Å². The second-order valence-corrected chi connectivity index (χ2v) is 5.88. The van der Waals surface area contributed by atoms with Gasteiger partial charge in [0.25, 0.3) is 0 Å². The summed E-state index contributed by atoms with van der Waals surface area (Å²) in [5, 5.41) is 3.55. The van der Waals surface area contributed by atoms with Crippen molar-refractivity contribution < 1.29 is 4.42 Å². The summed E-state index contributed by atoms with van der Waals surface area (Å²) in [6.45, 7) is 3.13. The van der Waals surface area contributed by atoms with Gasteiger partial charge in [-0.3, -0.25) is 0 Å². The summed E-state index contributed by atoms with van der Waals surface area (Å²) in [5.41, 5.74) is 2.35. The first-order valence-corrected chi connectivity index (χ1v) is 7.51. The Hall–Kier alpha value is -0.580. The zero-order valence-corrected chi connectivity index (χ0v) is 13.3. The van der Waals surface area contributed by atoms with Crippen LogP contribution in [0.2, 0.25) is 0 Å². The molecular formula is C14H15Br2NO. The number of benzene rings is 1. The smallest absolute Gasteiger partial charge is 0.0953 e. The van der Waals surface area contributed by atoms with Crippen molar-refractivity contribution >= 4 is 31.9 Å². The van der Waals surface area contributed by atoms with Gasteiger partial charge in [0.2, 0.25) is 0 Å². The number of hydrogen-bond acceptors (Lipinski definition) is 2. The Balaban J connectivity index is 2.36. The van der Waals surface area contributed by atoms with Crippen molar-refractivity contribution in [3.05, 3.63) is 56.9 Å². The fourth-order valence-electron chi connectivity index (χ4n) is 1.87. The van der Waals surface area contributed by atoms with Crippen LogP contribution >= 0.6 is 31.9 Å². The SMILES string of the molecule is CCCNC(c1ccoc1)c1cc(Br)ccc1Br. The molecule has 0 spiro atoms. The van der Waals surface area contributed by atoms with Crippen molar-refractivity contribution in [3.63, 3.8) is 0 Å². The molecule has 2 nitrogen and oxygen atoms in total. The minimum Gasteiger partial charge on any atom is -0.472 e. The molecule has 0 fully saturated rings. The van der Waals surface area contributed by atoms with Crippen LogP contribution < -0.4 is 5.32 Å². The van der Waals surface area contributed by atoms with Crippen LogP contribution in [-0.4, -0.2) is 6.54 Å². The van der Waals surface area contributed by atoms with Crippen molar-refractivity contribution in [3.8, 4) is 0 Å². The van der Waals surface area contributed by atoms with E-state index in [0.29, 0.717) is 0 Å². The molecule has 0 aliphatic carbocycles. The summed E-state index contributed by atoms with van der Waals surface area (Å²) < 4.78 is 7.37. The zero-order chi connectivity index (χ0) is 13.0. The fraction of sp³-hybridized carbons (Fsp3) is 0.286. The lowest BCUT2D eigenvalue weighted by atomic mass is 10.0. The molecule has 1 atom stereocenters. The summed E-state index contributed by atoms with van der Waals surface area (Å²) in [5.74, 6) is 0. The number of hydrogen-bond donors (Lipinski definition) is 1. The predicted octanol–water partition coefficient (Wildman–Crippen LogP) is 4.89. The standard InChI is InChI=1S/C14H15Br2NO/c1-2-6-17-14(10-5-7-18-9-10)12-8-11(15)3-4-13(12)16/h3-5,7-9,14,17H,2,6H2,1H3. The van der Waals surface area contributed by atoms with Gasteiger partial charge in [-0.05, 0) is 42.8 Å². The lowest BCUT2D eigenvalue weighted by Crippen LogP contribution is -2.23. The molecule has 0 aliphatic heterocycles.